The maximum atomic E-state index is 13.1. The van der Waals surface area contributed by atoms with Crippen LogP contribution in [0.3, 0.4) is 0 Å². The minimum atomic E-state index is -4.74. The Morgan fingerprint density at radius 3 is 2.82 bits per heavy atom. The number of anilines is 1. The number of ether oxygens (including phenoxy) is 1. The lowest BCUT2D eigenvalue weighted by Crippen LogP contribution is -2.44. The Kier molecular flexibility index (Phi) is 11.3. The topological polar surface area (TPSA) is 117 Å². The van der Waals surface area contributed by atoms with Gasteiger partial charge >= 0.3 is 12.1 Å². The van der Waals surface area contributed by atoms with Gasteiger partial charge in [0.15, 0.2) is 5.69 Å². The van der Waals surface area contributed by atoms with E-state index in [0.29, 0.717) is 44.2 Å². The van der Waals surface area contributed by atoms with Crippen LogP contribution < -0.4 is 10.6 Å². The number of hydrogen-bond acceptors (Lipinski definition) is 8. The van der Waals surface area contributed by atoms with Crippen LogP contribution >= 0.6 is 11.3 Å². The molecule has 3 N–H and O–H groups in total. The molecule has 0 fully saturated rings. The van der Waals surface area contributed by atoms with Crippen LogP contribution in [0, 0.1) is 0 Å². The van der Waals surface area contributed by atoms with Crippen molar-refractivity contribution in [1.29, 1.82) is 0 Å². The van der Waals surface area contributed by atoms with Gasteiger partial charge in [0.1, 0.15) is 16.7 Å². The highest BCUT2D eigenvalue weighted by Crippen LogP contribution is 2.34. The van der Waals surface area contributed by atoms with Crippen LogP contribution in [-0.2, 0) is 28.5 Å². The first kappa shape index (κ1) is 29.8. The van der Waals surface area contributed by atoms with Crippen molar-refractivity contribution in [2.75, 3.05) is 44.7 Å². The second kappa shape index (κ2) is 14.4. The Labute approximate surface area is 223 Å². The van der Waals surface area contributed by atoms with Crippen LogP contribution in [0.25, 0.3) is 0 Å². The molecule has 1 aliphatic heterocycles. The van der Waals surface area contributed by atoms with Gasteiger partial charge in [0, 0.05) is 31.9 Å². The average Bonchev–Trinajstić information content (AvgIpc) is 3.39. The highest BCUT2D eigenvalue weighted by molar-refractivity contribution is 7.10. The number of hydrogen-bond donors (Lipinski definition) is 3. The molecule has 2 aromatic heterocycles. The summed E-state index contributed by atoms with van der Waals surface area (Å²) >= 11 is 0.291. The summed E-state index contributed by atoms with van der Waals surface area (Å²) in [4.78, 5) is 33.3. The molecule has 38 heavy (non-hydrogen) atoms. The van der Waals surface area contributed by atoms with E-state index in [1.165, 1.54) is 5.56 Å². The number of nitrogens with zero attached hydrogens (tertiary/aromatic N) is 3. The summed E-state index contributed by atoms with van der Waals surface area (Å²) in [5.41, 5.74) is 2.37. The van der Waals surface area contributed by atoms with Gasteiger partial charge < -0.3 is 25.4 Å². The number of aromatic nitrogens is 2. The van der Waals surface area contributed by atoms with Crippen molar-refractivity contribution in [3.05, 3.63) is 39.5 Å². The Bertz CT molecular complexity index is 1070. The Hall–Kier alpha value is -2.77. The molecule has 210 valence electrons. The number of unbranched alkanes of at least 4 members (excludes halogenated alkanes) is 1. The van der Waals surface area contributed by atoms with E-state index in [9.17, 15) is 27.9 Å². The molecule has 1 atom stereocenters. The highest BCUT2D eigenvalue weighted by atomic mass is 32.1. The molecule has 0 radical (unpaired) electrons. The lowest BCUT2D eigenvalue weighted by Gasteiger charge is -2.24. The van der Waals surface area contributed by atoms with Crippen LogP contribution in [-0.4, -0.2) is 77.3 Å². The second-order valence-electron chi connectivity index (χ2n) is 9.02. The number of fused-ring (bicyclic) bond motifs is 1. The quantitative estimate of drug-likeness (QED) is 0.283. The van der Waals surface area contributed by atoms with Crippen LogP contribution in [0.4, 0.5) is 19.0 Å². The summed E-state index contributed by atoms with van der Waals surface area (Å²) in [6.07, 6.45) is -0.0229. The molecule has 1 amide bonds. The summed E-state index contributed by atoms with van der Waals surface area (Å²) in [6.45, 7) is 5.41. The summed E-state index contributed by atoms with van der Waals surface area (Å²) in [5, 5.41) is 15.1. The lowest BCUT2D eigenvalue weighted by atomic mass is 10.1. The third kappa shape index (κ3) is 8.91. The molecule has 0 bridgehead atoms. The van der Waals surface area contributed by atoms with E-state index in [2.05, 4.69) is 27.8 Å². The zero-order valence-electron chi connectivity index (χ0n) is 21.4. The van der Waals surface area contributed by atoms with Crippen molar-refractivity contribution in [2.24, 2.45) is 0 Å². The van der Waals surface area contributed by atoms with Crippen LogP contribution in [0.1, 0.15) is 59.2 Å². The smallest absolute Gasteiger partial charge is 0.427 e. The molecule has 0 saturated carbocycles. The first-order valence-electron chi connectivity index (χ1n) is 12.8. The van der Waals surface area contributed by atoms with Gasteiger partial charge in [0.25, 0.3) is 5.91 Å². The molecular weight excluding hydrogens is 523 g/mol. The fourth-order valence-electron chi connectivity index (χ4n) is 4.23. The number of pyridine rings is 1. The van der Waals surface area contributed by atoms with Gasteiger partial charge in [-0.1, -0.05) is 6.07 Å². The third-order valence-electron chi connectivity index (χ3n) is 6.24. The van der Waals surface area contributed by atoms with Crippen molar-refractivity contribution in [3.8, 4) is 0 Å². The van der Waals surface area contributed by atoms with Crippen molar-refractivity contribution < 1.29 is 32.6 Å². The Morgan fingerprint density at radius 1 is 1.26 bits per heavy atom. The predicted octanol–water partition coefficient (Wildman–Crippen LogP) is 3.85. The summed E-state index contributed by atoms with van der Waals surface area (Å²) < 4.78 is 44.8. The maximum absolute atomic E-state index is 13.1. The van der Waals surface area contributed by atoms with Gasteiger partial charge in [-0.05, 0) is 63.6 Å². The van der Waals surface area contributed by atoms with E-state index in [0.717, 1.165) is 55.7 Å². The van der Waals surface area contributed by atoms with Crippen molar-refractivity contribution in [1.82, 2.24) is 20.2 Å². The average molecular weight is 558 g/mol. The number of carboxylic acids is 1. The van der Waals surface area contributed by atoms with E-state index in [1.54, 1.807) is 0 Å². The Balaban J connectivity index is 1.52. The molecule has 9 nitrogen and oxygen atoms in total. The number of nitrogens with one attached hydrogen (secondary N) is 2. The van der Waals surface area contributed by atoms with Gasteiger partial charge in [-0.2, -0.15) is 13.2 Å². The number of carboxylic acid groups (broad SMARTS) is 1. The minimum Gasteiger partial charge on any atom is -0.480 e. The second-order valence-corrected chi connectivity index (χ2v) is 9.87. The van der Waals surface area contributed by atoms with Gasteiger partial charge in [-0.25, -0.2) is 14.8 Å². The third-order valence-corrected chi connectivity index (χ3v) is 7.11. The van der Waals surface area contributed by atoms with E-state index in [1.807, 2.05) is 11.8 Å². The molecule has 0 spiro atoms. The molecule has 0 aliphatic carbocycles. The minimum absolute atomic E-state index is 0.0245. The molecule has 1 aliphatic rings. The van der Waals surface area contributed by atoms with E-state index < -0.39 is 34.7 Å². The fourth-order valence-corrected chi connectivity index (χ4v) is 4.88. The van der Waals surface area contributed by atoms with Gasteiger partial charge in [0.05, 0.1) is 12.1 Å². The van der Waals surface area contributed by atoms with Crippen molar-refractivity contribution >= 4 is 29.0 Å². The van der Waals surface area contributed by atoms with Crippen molar-refractivity contribution in [2.45, 2.75) is 57.7 Å². The standard InChI is InChI=1S/C25H34F3N5O4S/c1-2-37-15-14-33(12-4-3-7-18-9-8-17-6-5-11-29-22(17)31-18)13-10-19(24(35)36)32-23(34)20-21(25(26,27)28)38-16-30-20/h8-9,16,19H,2-7,10-15H2,1H3,(H,29,31)(H,32,34)(H,35,36). The van der Waals surface area contributed by atoms with Crippen LogP contribution in [0.5, 0.6) is 0 Å². The summed E-state index contributed by atoms with van der Waals surface area (Å²) in [7, 11) is 0. The predicted molar refractivity (Wildman–Crippen MR) is 138 cm³/mol. The molecule has 3 rings (SSSR count). The fraction of sp³-hybridized carbons (Fsp3) is 0.600. The molecular formula is C25H34F3N5O4S. The first-order chi connectivity index (χ1) is 18.2. The van der Waals surface area contributed by atoms with E-state index in [4.69, 9.17) is 9.72 Å². The molecule has 0 saturated heterocycles. The van der Waals surface area contributed by atoms with Gasteiger partial charge in [-0.15, -0.1) is 11.3 Å². The monoisotopic (exact) mass is 557 g/mol. The number of aliphatic carboxylic acids is 1. The van der Waals surface area contributed by atoms with Gasteiger partial charge in [0.2, 0.25) is 0 Å². The maximum Gasteiger partial charge on any atom is 0.427 e. The van der Waals surface area contributed by atoms with E-state index >= 15 is 0 Å². The number of halogens is 3. The molecule has 2 aromatic rings. The van der Waals surface area contributed by atoms with Crippen LogP contribution in [0.2, 0.25) is 0 Å². The first-order valence-corrected chi connectivity index (χ1v) is 13.6. The summed E-state index contributed by atoms with van der Waals surface area (Å²) in [5.74, 6) is -1.51. The molecule has 0 aromatic carbocycles. The molecule has 3 heterocycles. The number of amides is 1. The summed E-state index contributed by atoms with van der Waals surface area (Å²) in [6, 6.07) is 2.83. The number of carbonyl (C=O) groups is 2. The number of carbonyl (C=O) groups excluding carboxylic acids is 1. The van der Waals surface area contributed by atoms with Crippen molar-refractivity contribution in [3.63, 3.8) is 0 Å². The number of alkyl halides is 3. The zero-order chi connectivity index (χ0) is 27.5. The number of thiazole rings is 1. The lowest BCUT2D eigenvalue weighted by molar-refractivity contribution is -0.139. The number of rotatable bonds is 15. The van der Waals surface area contributed by atoms with E-state index in [-0.39, 0.29) is 6.42 Å². The Morgan fingerprint density at radius 2 is 2.08 bits per heavy atom. The largest absolute Gasteiger partial charge is 0.480 e. The normalized spacial score (nSPS) is 14.1. The number of aryl methyl sites for hydroxylation is 2. The van der Waals surface area contributed by atoms with Gasteiger partial charge in [-0.3, -0.25) is 4.79 Å². The zero-order valence-corrected chi connectivity index (χ0v) is 22.2. The SMILES string of the molecule is CCOCCN(CCCCc1ccc2c(n1)NCCC2)CCC(NC(=O)c1ncsc1C(F)(F)F)C(=O)O. The highest BCUT2D eigenvalue weighted by Gasteiger charge is 2.38. The molecule has 1 unspecified atom stereocenters. The van der Waals surface area contributed by atoms with Crippen LogP contribution in [0.15, 0.2) is 17.6 Å². The molecule has 13 heteroatoms.